The molecule has 100 valence electrons. The maximum atomic E-state index is 10.8. The lowest BCUT2D eigenvalue weighted by Crippen LogP contribution is -2.21. The fourth-order valence-electron chi connectivity index (χ4n) is 1.30. The number of halogens is 1. The predicted molar refractivity (Wildman–Crippen MR) is 69.0 cm³/mol. The van der Waals surface area contributed by atoms with Gasteiger partial charge in [0.2, 0.25) is 10.0 Å². The lowest BCUT2D eigenvalue weighted by molar-refractivity contribution is -0.386. The minimum absolute atomic E-state index is 0.0480. The zero-order valence-electron chi connectivity index (χ0n) is 9.42. The van der Waals surface area contributed by atoms with E-state index in [4.69, 9.17) is 9.88 Å². The van der Waals surface area contributed by atoms with Gasteiger partial charge in [-0.25, -0.2) is 13.6 Å². The Balaban J connectivity index is 2.97. The summed E-state index contributed by atoms with van der Waals surface area (Å²) in [4.78, 5) is 10.3. The van der Waals surface area contributed by atoms with Crippen LogP contribution in [0.1, 0.15) is 5.56 Å². The summed E-state index contributed by atoms with van der Waals surface area (Å²) < 4.78 is 27.2. The van der Waals surface area contributed by atoms with Crippen LogP contribution in [0.15, 0.2) is 16.6 Å². The predicted octanol–water partition coefficient (Wildman–Crippen LogP) is 1.33. The van der Waals surface area contributed by atoms with E-state index in [-0.39, 0.29) is 18.0 Å². The van der Waals surface area contributed by atoms with Crippen molar-refractivity contribution < 1.29 is 18.1 Å². The zero-order chi connectivity index (χ0) is 13.9. The standard InChI is InChI=1S/C9H11BrN2O5S/c1-6-4-7(10)5-8(12(13)14)9(6)17-2-3-18(11,15)16/h4-5H,2-3H2,1H3,(H2,11,15,16). The fraction of sp³-hybridized carbons (Fsp3) is 0.333. The summed E-state index contributed by atoms with van der Waals surface area (Å²) >= 11 is 3.14. The normalized spacial score (nSPS) is 11.3. The molecule has 1 rings (SSSR count). The Hall–Kier alpha value is -1.19. The van der Waals surface area contributed by atoms with Gasteiger partial charge in [-0.2, -0.15) is 0 Å². The number of aryl methyl sites for hydroxylation is 1. The van der Waals surface area contributed by atoms with Crippen molar-refractivity contribution >= 4 is 31.6 Å². The van der Waals surface area contributed by atoms with E-state index in [0.717, 1.165) is 0 Å². The van der Waals surface area contributed by atoms with Gasteiger partial charge in [-0.05, 0) is 18.6 Å². The minimum Gasteiger partial charge on any atom is -0.485 e. The lowest BCUT2D eigenvalue weighted by atomic mass is 10.2. The van der Waals surface area contributed by atoms with Crippen molar-refractivity contribution in [3.05, 3.63) is 32.3 Å². The first kappa shape index (κ1) is 14.9. The average Bonchev–Trinajstić information content (AvgIpc) is 2.18. The van der Waals surface area contributed by atoms with E-state index in [2.05, 4.69) is 15.9 Å². The van der Waals surface area contributed by atoms with Crippen LogP contribution in [-0.4, -0.2) is 25.7 Å². The van der Waals surface area contributed by atoms with Crippen LogP contribution < -0.4 is 9.88 Å². The summed E-state index contributed by atoms with van der Waals surface area (Å²) in [7, 11) is -3.65. The second kappa shape index (κ2) is 5.63. The first-order valence-electron chi connectivity index (χ1n) is 4.78. The van der Waals surface area contributed by atoms with Crippen molar-refractivity contribution in [2.45, 2.75) is 6.92 Å². The highest BCUT2D eigenvalue weighted by atomic mass is 79.9. The van der Waals surface area contributed by atoms with Gasteiger partial charge >= 0.3 is 5.69 Å². The Morgan fingerprint density at radius 1 is 1.50 bits per heavy atom. The molecule has 0 saturated heterocycles. The SMILES string of the molecule is Cc1cc(Br)cc([N+](=O)[O-])c1OCCS(N)(=O)=O. The molecule has 0 amide bonds. The number of hydrogen-bond acceptors (Lipinski definition) is 5. The Bertz CT molecular complexity index is 573. The van der Waals surface area contributed by atoms with E-state index in [1.54, 1.807) is 13.0 Å². The third-order valence-electron chi connectivity index (χ3n) is 2.03. The highest BCUT2D eigenvalue weighted by molar-refractivity contribution is 9.10. The van der Waals surface area contributed by atoms with Crippen molar-refractivity contribution in [2.75, 3.05) is 12.4 Å². The maximum absolute atomic E-state index is 10.8. The number of nitrogens with two attached hydrogens (primary N) is 1. The lowest BCUT2D eigenvalue weighted by Gasteiger charge is -2.09. The largest absolute Gasteiger partial charge is 0.485 e. The van der Waals surface area contributed by atoms with E-state index in [9.17, 15) is 18.5 Å². The van der Waals surface area contributed by atoms with Crippen molar-refractivity contribution in [2.24, 2.45) is 5.14 Å². The van der Waals surface area contributed by atoms with Crippen molar-refractivity contribution in [3.63, 3.8) is 0 Å². The Morgan fingerprint density at radius 2 is 2.11 bits per heavy atom. The van der Waals surface area contributed by atoms with E-state index < -0.39 is 20.7 Å². The van der Waals surface area contributed by atoms with Crippen LogP contribution >= 0.6 is 15.9 Å². The summed E-state index contributed by atoms with van der Waals surface area (Å²) in [5.41, 5.74) is 0.307. The quantitative estimate of drug-likeness (QED) is 0.642. The van der Waals surface area contributed by atoms with Crippen LogP contribution in [0.25, 0.3) is 0 Å². The molecule has 0 aliphatic carbocycles. The molecule has 0 unspecified atom stereocenters. The third-order valence-corrected chi connectivity index (χ3v) is 3.22. The van der Waals surface area contributed by atoms with E-state index in [1.807, 2.05) is 0 Å². The van der Waals surface area contributed by atoms with Gasteiger partial charge in [0.25, 0.3) is 0 Å². The number of nitro groups is 1. The molecule has 0 fully saturated rings. The van der Waals surface area contributed by atoms with Crippen molar-refractivity contribution in [1.82, 2.24) is 0 Å². The molecule has 0 radical (unpaired) electrons. The van der Waals surface area contributed by atoms with Gasteiger partial charge in [0.1, 0.15) is 6.61 Å². The average molecular weight is 339 g/mol. The summed E-state index contributed by atoms with van der Waals surface area (Å²) in [6.45, 7) is 1.40. The zero-order valence-corrected chi connectivity index (χ0v) is 11.8. The van der Waals surface area contributed by atoms with Crippen LogP contribution in [-0.2, 0) is 10.0 Å². The highest BCUT2D eigenvalue weighted by Crippen LogP contribution is 2.33. The molecule has 0 atom stereocenters. The minimum atomic E-state index is -3.65. The molecular weight excluding hydrogens is 328 g/mol. The highest BCUT2D eigenvalue weighted by Gasteiger charge is 2.19. The smallest absolute Gasteiger partial charge is 0.312 e. The number of benzene rings is 1. The van der Waals surface area contributed by atoms with Crippen LogP contribution in [0, 0.1) is 17.0 Å². The Kier molecular flexibility index (Phi) is 4.65. The van der Waals surface area contributed by atoms with Crippen molar-refractivity contribution in [1.29, 1.82) is 0 Å². The molecule has 9 heteroatoms. The number of primary sulfonamides is 1. The van der Waals surface area contributed by atoms with Gasteiger partial charge in [-0.3, -0.25) is 10.1 Å². The van der Waals surface area contributed by atoms with Gasteiger partial charge in [-0.1, -0.05) is 15.9 Å². The molecule has 0 saturated carbocycles. The Labute approximate surface area is 112 Å². The van der Waals surface area contributed by atoms with Gasteiger partial charge < -0.3 is 4.74 Å². The topological polar surface area (TPSA) is 113 Å². The number of sulfonamides is 1. The van der Waals surface area contributed by atoms with Gasteiger partial charge in [0.05, 0.1) is 10.7 Å². The van der Waals surface area contributed by atoms with Crippen molar-refractivity contribution in [3.8, 4) is 5.75 Å². The summed E-state index contributed by atoms with van der Waals surface area (Å²) in [5.74, 6) is -0.355. The molecule has 0 spiro atoms. The van der Waals surface area contributed by atoms with Gasteiger partial charge in [0, 0.05) is 10.5 Å². The van der Waals surface area contributed by atoms with Crippen LogP contribution in [0.4, 0.5) is 5.69 Å². The molecule has 0 bridgehead atoms. The third kappa shape index (κ3) is 4.24. The molecule has 0 aliphatic heterocycles. The summed E-state index contributed by atoms with van der Waals surface area (Å²) in [6, 6.07) is 2.93. The first-order chi connectivity index (χ1) is 8.20. The van der Waals surface area contributed by atoms with Crippen LogP contribution in [0.5, 0.6) is 5.75 Å². The van der Waals surface area contributed by atoms with E-state index in [0.29, 0.717) is 10.0 Å². The van der Waals surface area contributed by atoms with Crippen LogP contribution in [0.2, 0.25) is 0 Å². The van der Waals surface area contributed by atoms with E-state index in [1.165, 1.54) is 6.07 Å². The molecule has 1 aromatic rings. The summed E-state index contributed by atoms with van der Waals surface area (Å²) in [6.07, 6.45) is 0. The van der Waals surface area contributed by atoms with Crippen LogP contribution in [0.3, 0.4) is 0 Å². The second-order valence-corrected chi connectivity index (χ2v) is 6.19. The van der Waals surface area contributed by atoms with E-state index >= 15 is 0 Å². The molecular formula is C9H11BrN2O5S. The molecule has 2 N–H and O–H groups in total. The van der Waals surface area contributed by atoms with Gasteiger partial charge in [-0.15, -0.1) is 0 Å². The number of nitrogens with zero attached hydrogens (tertiary/aromatic N) is 1. The molecule has 1 aromatic carbocycles. The number of ether oxygens (including phenoxy) is 1. The molecule has 18 heavy (non-hydrogen) atoms. The summed E-state index contributed by atoms with van der Waals surface area (Å²) in [5, 5.41) is 15.7. The maximum Gasteiger partial charge on any atom is 0.312 e. The first-order valence-corrected chi connectivity index (χ1v) is 7.29. The molecule has 0 aromatic heterocycles. The molecule has 0 aliphatic rings. The monoisotopic (exact) mass is 338 g/mol. The second-order valence-electron chi connectivity index (χ2n) is 3.54. The number of nitro benzene ring substituents is 1. The van der Waals surface area contributed by atoms with Gasteiger partial charge in [0.15, 0.2) is 5.75 Å². The molecule has 7 nitrogen and oxygen atoms in total. The Morgan fingerprint density at radius 3 is 2.61 bits per heavy atom. The number of rotatable bonds is 5. The fourth-order valence-corrected chi connectivity index (χ4v) is 2.17. The molecule has 0 heterocycles. The number of hydrogen-bond donors (Lipinski definition) is 1.